The number of hydrogen-bond donors (Lipinski definition) is 2. The molecule has 1 atom stereocenters. The number of hydrogen-bond acceptors (Lipinski definition) is 5. The second-order valence-electron chi connectivity index (χ2n) is 5.87. The minimum Gasteiger partial charge on any atom is -0.491 e. The molecule has 1 unspecified atom stereocenters. The molecule has 1 aromatic carbocycles. The number of nitrogens with one attached hydrogen (secondary N) is 1. The van der Waals surface area contributed by atoms with Crippen molar-refractivity contribution in [3.05, 3.63) is 41.2 Å². The van der Waals surface area contributed by atoms with Crippen molar-refractivity contribution in [2.75, 3.05) is 19.7 Å². The number of rotatable bonds is 9. The van der Waals surface area contributed by atoms with Gasteiger partial charge in [0.25, 0.3) is 0 Å². The molecule has 0 bridgehead atoms. The molecule has 23 heavy (non-hydrogen) atoms. The molecule has 0 saturated carbocycles. The first-order chi connectivity index (χ1) is 11.0. The summed E-state index contributed by atoms with van der Waals surface area (Å²) in [6.07, 6.45) is 3.11. The number of benzene rings is 1. The van der Waals surface area contributed by atoms with Gasteiger partial charge in [-0.25, -0.2) is 0 Å². The summed E-state index contributed by atoms with van der Waals surface area (Å²) in [4.78, 5) is 1.57. The van der Waals surface area contributed by atoms with Gasteiger partial charge in [0.2, 0.25) is 0 Å². The third-order valence-corrected chi connectivity index (χ3v) is 3.58. The van der Waals surface area contributed by atoms with Crippen molar-refractivity contribution in [1.82, 2.24) is 20.3 Å². The highest BCUT2D eigenvalue weighted by atomic mass is 16.5. The molecule has 0 aliphatic rings. The van der Waals surface area contributed by atoms with Crippen LogP contribution in [0.4, 0.5) is 0 Å². The zero-order valence-corrected chi connectivity index (χ0v) is 14.1. The minimum atomic E-state index is -0.521. The first-order valence-corrected chi connectivity index (χ1v) is 7.98. The fraction of sp³-hybridized carbons (Fsp3) is 0.529. The van der Waals surface area contributed by atoms with Crippen molar-refractivity contribution in [2.24, 2.45) is 7.05 Å². The number of aliphatic hydroxyl groups excluding tert-OH is 1. The summed E-state index contributed by atoms with van der Waals surface area (Å²) in [7, 11) is 1.81. The van der Waals surface area contributed by atoms with Crippen LogP contribution in [-0.2, 0) is 13.5 Å². The van der Waals surface area contributed by atoms with Crippen LogP contribution in [0.15, 0.2) is 24.4 Å². The van der Waals surface area contributed by atoms with Crippen LogP contribution in [0.5, 0.6) is 5.75 Å². The van der Waals surface area contributed by atoms with Crippen LogP contribution >= 0.6 is 0 Å². The molecule has 126 valence electrons. The van der Waals surface area contributed by atoms with Crippen molar-refractivity contribution >= 4 is 0 Å². The standard InChI is InChI=1S/C17H26N4O2/c1-13-6-7-17(14(2)9-13)23-12-16(22)11-18-8-4-5-15-10-19-21(3)20-15/h6-7,9-10,16,18,22H,4-5,8,11-12H2,1-3H3. The molecule has 0 aliphatic heterocycles. The quantitative estimate of drug-likeness (QED) is 0.684. The van der Waals surface area contributed by atoms with Crippen LogP contribution in [0, 0.1) is 13.8 Å². The topological polar surface area (TPSA) is 72.2 Å². The summed E-state index contributed by atoms with van der Waals surface area (Å²) in [6, 6.07) is 6.04. The number of aryl methyl sites for hydroxylation is 4. The van der Waals surface area contributed by atoms with Crippen LogP contribution in [0.3, 0.4) is 0 Å². The van der Waals surface area contributed by atoms with E-state index >= 15 is 0 Å². The summed E-state index contributed by atoms with van der Waals surface area (Å²) in [6.45, 7) is 5.71. The molecule has 0 spiro atoms. The molecule has 2 N–H and O–H groups in total. The Hall–Kier alpha value is -1.92. The van der Waals surface area contributed by atoms with E-state index in [9.17, 15) is 5.11 Å². The smallest absolute Gasteiger partial charge is 0.122 e. The Balaban J connectivity index is 1.58. The Morgan fingerprint density at radius 2 is 2.17 bits per heavy atom. The Bertz CT molecular complexity index is 612. The van der Waals surface area contributed by atoms with E-state index < -0.39 is 6.10 Å². The predicted octanol–water partition coefficient (Wildman–Crippen LogP) is 1.39. The van der Waals surface area contributed by atoms with E-state index in [1.165, 1.54) is 5.56 Å². The Morgan fingerprint density at radius 1 is 1.35 bits per heavy atom. The van der Waals surface area contributed by atoms with Crippen LogP contribution in [0.2, 0.25) is 0 Å². The lowest BCUT2D eigenvalue weighted by Gasteiger charge is -2.14. The molecule has 2 aromatic rings. The molecule has 2 rings (SSSR count). The largest absolute Gasteiger partial charge is 0.491 e. The van der Waals surface area contributed by atoms with Gasteiger partial charge in [-0.3, -0.25) is 0 Å². The Kier molecular flexibility index (Phi) is 6.55. The molecule has 1 heterocycles. The number of ether oxygens (including phenoxy) is 1. The van der Waals surface area contributed by atoms with E-state index in [2.05, 4.69) is 28.5 Å². The van der Waals surface area contributed by atoms with Crippen molar-refractivity contribution in [3.8, 4) is 5.75 Å². The van der Waals surface area contributed by atoms with E-state index in [4.69, 9.17) is 4.74 Å². The predicted molar refractivity (Wildman–Crippen MR) is 89.6 cm³/mol. The average Bonchev–Trinajstić information content (AvgIpc) is 2.91. The maximum atomic E-state index is 9.96. The average molecular weight is 318 g/mol. The van der Waals surface area contributed by atoms with Gasteiger partial charge in [0.05, 0.1) is 11.9 Å². The van der Waals surface area contributed by atoms with Crippen LogP contribution in [-0.4, -0.2) is 45.9 Å². The normalized spacial score (nSPS) is 12.3. The van der Waals surface area contributed by atoms with Gasteiger partial charge in [0, 0.05) is 13.6 Å². The molecular weight excluding hydrogens is 292 g/mol. The van der Waals surface area contributed by atoms with Gasteiger partial charge in [0.15, 0.2) is 0 Å². The first kappa shape index (κ1) is 17.4. The number of aliphatic hydroxyl groups is 1. The molecule has 0 radical (unpaired) electrons. The van der Waals surface area contributed by atoms with E-state index in [1.807, 2.05) is 26.1 Å². The van der Waals surface area contributed by atoms with Crippen LogP contribution < -0.4 is 10.1 Å². The summed E-state index contributed by atoms with van der Waals surface area (Å²) in [5.74, 6) is 0.831. The van der Waals surface area contributed by atoms with E-state index in [0.29, 0.717) is 13.2 Å². The minimum absolute atomic E-state index is 0.293. The van der Waals surface area contributed by atoms with E-state index in [1.54, 1.807) is 11.0 Å². The van der Waals surface area contributed by atoms with Crippen molar-refractivity contribution in [1.29, 1.82) is 0 Å². The van der Waals surface area contributed by atoms with Gasteiger partial charge in [-0.15, -0.1) is 0 Å². The summed E-state index contributed by atoms with van der Waals surface area (Å²) >= 11 is 0. The fourth-order valence-corrected chi connectivity index (χ4v) is 2.37. The third-order valence-electron chi connectivity index (χ3n) is 3.58. The molecule has 0 saturated heterocycles. The van der Waals surface area contributed by atoms with Crippen molar-refractivity contribution in [2.45, 2.75) is 32.8 Å². The second-order valence-corrected chi connectivity index (χ2v) is 5.87. The first-order valence-electron chi connectivity index (χ1n) is 7.98. The van der Waals surface area contributed by atoms with Crippen LogP contribution in [0.25, 0.3) is 0 Å². The lowest BCUT2D eigenvalue weighted by Crippen LogP contribution is -2.32. The van der Waals surface area contributed by atoms with Crippen molar-refractivity contribution in [3.63, 3.8) is 0 Å². The Labute approximate surface area is 137 Å². The molecule has 6 nitrogen and oxygen atoms in total. The molecule has 1 aromatic heterocycles. The van der Waals surface area contributed by atoms with Gasteiger partial charge in [-0.2, -0.15) is 15.0 Å². The maximum Gasteiger partial charge on any atom is 0.122 e. The lowest BCUT2D eigenvalue weighted by atomic mass is 10.1. The van der Waals surface area contributed by atoms with Crippen molar-refractivity contribution < 1.29 is 9.84 Å². The zero-order chi connectivity index (χ0) is 16.7. The zero-order valence-electron chi connectivity index (χ0n) is 14.1. The number of aromatic nitrogens is 3. The highest BCUT2D eigenvalue weighted by Crippen LogP contribution is 2.18. The number of nitrogens with zero attached hydrogens (tertiary/aromatic N) is 3. The molecule has 0 amide bonds. The monoisotopic (exact) mass is 318 g/mol. The fourth-order valence-electron chi connectivity index (χ4n) is 2.37. The van der Waals surface area contributed by atoms with Gasteiger partial charge in [-0.1, -0.05) is 17.7 Å². The molecule has 6 heteroatoms. The third kappa shape index (κ3) is 6.00. The summed E-state index contributed by atoms with van der Waals surface area (Å²) < 4.78 is 5.67. The van der Waals surface area contributed by atoms with Gasteiger partial charge in [0.1, 0.15) is 18.5 Å². The van der Waals surface area contributed by atoms with Gasteiger partial charge >= 0.3 is 0 Å². The highest BCUT2D eigenvalue weighted by Gasteiger charge is 2.06. The SMILES string of the molecule is Cc1ccc(OCC(O)CNCCCc2cnn(C)n2)c(C)c1. The van der Waals surface area contributed by atoms with Crippen LogP contribution in [0.1, 0.15) is 23.2 Å². The summed E-state index contributed by atoms with van der Waals surface area (Å²) in [5.41, 5.74) is 3.29. The Morgan fingerprint density at radius 3 is 2.87 bits per heavy atom. The van der Waals surface area contributed by atoms with E-state index in [-0.39, 0.29) is 0 Å². The van der Waals surface area contributed by atoms with E-state index in [0.717, 1.165) is 36.4 Å². The summed E-state index contributed by atoms with van der Waals surface area (Å²) in [5, 5.41) is 21.5. The lowest BCUT2D eigenvalue weighted by molar-refractivity contribution is 0.106. The molecular formula is C17H26N4O2. The maximum absolute atomic E-state index is 9.96. The molecule has 0 aliphatic carbocycles. The highest BCUT2D eigenvalue weighted by molar-refractivity contribution is 5.35. The van der Waals surface area contributed by atoms with Gasteiger partial charge < -0.3 is 15.2 Å². The second kappa shape index (κ2) is 8.64. The van der Waals surface area contributed by atoms with Gasteiger partial charge in [-0.05, 0) is 44.9 Å². The molecule has 0 fully saturated rings.